The maximum absolute atomic E-state index is 12.6. The Kier molecular flexibility index (Phi) is 5.74. The fourth-order valence-electron chi connectivity index (χ4n) is 3.61. The minimum absolute atomic E-state index is 0.213. The van der Waals surface area contributed by atoms with Crippen molar-refractivity contribution in [2.24, 2.45) is 0 Å². The van der Waals surface area contributed by atoms with E-state index in [0.29, 0.717) is 19.8 Å². The first-order valence-corrected chi connectivity index (χ1v) is 8.98. The van der Waals surface area contributed by atoms with Crippen LogP contribution in [-0.4, -0.2) is 42.6 Å². The second kappa shape index (κ2) is 7.99. The second-order valence-corrected chi connectivity index (χ2v) is 6.57. The van der Waals surface area contributed by atoms with Crippen LogP contribution in [0.25, 0.3) is 0 Å². The van der Waals surface area contributed by atoms with Gasteiger partial charge in [0, 0.05) is 25.4 Å². The summed E-state index contributed by atoms with van der Waals surface area (Å²) in [7, 11) is 0. The van der Waals surface area contributed by atoms with Crippen molar-refractivity contribution in [1.82, 2.24) is 4.90 Å². The van der Waals surface area contributed by atoms with Crippen LogP contribution in [0.15, 0.2) is 30.3 Å². The number of carbonyl (C=O) groups is 1. The van der Waals surface area contributed by atoms with E-state index in [1.807, 2.05) is 35.2 Å². The van der Waals surface area contributed by atoms with Crippen molar-refractivity contribution in [3.8, 4) is 0 Å². The molecule has 1 aromatic carbocycles. The molecule has 1 amide bonds. The summed E-state index contributed by atoms with van der Waals surface area (Å²) in [5, 5.41) is 0. The SMILES string of the molecule is CCCN(C(=O)OCc1ccccc1)C1CCC2(CC1)OCCO2. The maximum atomic E-state index is 12.6. The predicted molar refractivity (Wildman–Crippen MR) is 90.5 cm³/mol. The molecule has 2 fully saturated rings. The molecule has 1 saturated carbocycles. The van der Waals surface area contributed by atoms with Gasteiger partial charge in [-0.25, -0.2) is 4.79 Å². The molecule has 0 atom stereocenters. The summed E-state index contributed by atoms with van der Waals surface area (Å²) in [4.78, 5) is 14.5. The Morgan fingerprint density at radius 3 is 2.50 bits per heavy atom. The highest BCUT2D eigenvalue weighted by Gasteiger charge is 2.42. The molecule has 0 N–H and O–H groups in total. The molecule has 1 aromatic rings. The third-order valence-corrected chi connectivity index (χ3v) is 4.88. The van der Waals surface area contributed by atoms with Crippen LogP contribution >= 0.6 is 0 Å². The molecule has 1 spiro atoms. The van der Waals surface area contributed by atoms with Crippen LogP contribution in [0.2, 0.25) is 0 Å². The molecule has 5 nitrogen and oxygen atoms in total. The zero-order valence-electron chi connectivity index (χ0n) is 14.4. The summed E-state index contributed by atoms with van der Waals surface area (Å²) >= 11 is 0. The molecule has 24 heavy (non-hydrogen) atoms. The Morgan fingerprint density at radius 1 is 1.21 bits per heavy atom. The molecule has 0 bridgehead atoms. The predicted octanol–water partition coefficient (Wildman–Crippen LogP) is 3.72. The third-order valence-electron chi connectivity index (χ3n) is 4.88. The number of amides is 1. The van der Waals surface area contributed by atoms with Gasteiger partial charge in [0.15, 0.2) is 5.79 Å². The summed E-state index contributed by atoms with van der Waals surface area (Å²) < 4.78 is 17.1. The van der Waals surface area contributed by atoms with E-state index in [9.17, 15) is 4.79 Å². The van der Waals surface area contributed by atoms with E-state index in [0.717, 1.165) is 44.2 Å². The number of nitrogens with zero attached hydrogens (tertiary/aromatic N) is 1. The van der Waals surface area contributed by atoms with Crippen molar-refractivity contribution >= 4 is 6.09 Å². The van der Waals surface area contributed by atoms with Crippen LogP contribution in [0.5, 0.6) is 0 Å². The first-order chi connectivity index (χ1) is 11.7. The Bertz CT molecular complexity index is 517. The molecular formula is C19H27NO4. The maximum Gasteiger partial charge on any atom is 0.410 e. The highest BCUT2D eigenvalue weighted by Crippen LogP contribution is 2.37. The van der Waals surface area contributed by atoms with E-state index in [-0.39, 0.29) is 17.9 Å². The second-order valence-electron chi connectivity index (χ2n) is 6.57. The molecular weight excluding hydrogens is 306 g/mol. The first-order valence-electron chi connectivity index (χ1n) is 8.98. The zero-order chi connectivity index (χ0) is 16.8. The number of ether oxygens (including phenoxy) is 3. The van der Waals surface area contributed by atoms with Crippen LogP contribution in [0.1, 0.15) is 44.6 Å². The molecule has 3 rings (SSSR count). The van der Waals surface area contributed by atoms with Crippen LogP contribution in [0.3, 0.4) is 0 Å². The Balaban J connectivity index is 1.54. The van der Waals surface area contributed by atoms with Crippen molar-refractivity contribution in [2.45, 2.75) is 57.5 Å². The molecule has 1 saturated heterocycles. The first kappa shape index (κ1) is 17.2. The van der Waals surface area contributed by atoms with Gasteiger partial charge in [0.1, 0.15) is 6.61 Å². The van der Waals surface area contributed by atoms with Crippen molar-refractivity contribution in [2.75, 3.05) is 19.8 Å². The van der Waals surface area contributed by atoms with Gasteiger partial charge in [-0.1, -0.05) is 37.3 Å². The van der Waals surface area contributed by atoms with Crippen LogP contribution in [-0.2, 0) is 20.8 Å². The lowest BCUT2D eigenvalue weighted by Crippen LogP contribution is -2.47. The van der Waals surface area contributed by atoms with E-state index in [4.69, 9.17) is 14.2 Å². The van der Waals surface area contributed by atoms with E-state index < -0.39 is 0 Å². The molecule has 132 valence electrons. The van der Waals surface area contributed by atoms with Crippen molar-refractivity contribution in [3.63, 3.8) is 0 Å². The lowest BCUT2D eigenvalue weighted by molar-refractivity contribution is -0.183. The monoisotopic (exact) mass is 333 g/mol. The van der Waals surface area contributed by atoms with Crippen molar-refractivity contribution < 1.29 is 19.0 Å². The van der Waals surface area contributed by atoms with Gasteiger partial charge in [-0.05, 0) is 24.8 Å². The van der Waals surface area contributed by atoms with E-state index >= 15 is 0 Å². The summed E-state index contributed by atoms with van der Waals surface area (Å²) in [6.45, 7) is 4.51. The molecule has 2 aliphatic rings. The van der Waals surface area contributed by atoms with Gasteiger partial charge in [0.05, 0.1) is 13.2 Å². The van der Waals surface area contributed by atoms with Crippen molar-refractivity contribution in [1.29, 1.82) is 0 Å². The number of hydrogen-bond donors (Lipinski definition) is 0. The molecule has 1 heterocycles. The molecule has 0 unspecified atom stereocenters. The number of hydrogen-bond acceptors (Lipinski definition) is 4. The third kappa shape index (κ3) is 4.08. The van der Waals surface area contributed by atoms with E-state index in [1.165, 1.54) is 0 Å². The van der Waals surface area contributed by atoms with Crippen LogP contribution < -0.4 is 0 Å². The van der Waals surface area contributed by atoms with Gasteiger partial charge in [-0.2, -0.15) is 0 Å². The molecule has 1 aliphatic carbocycles. The Morgan fingerprint density at radius 2 is 1.88 bits per heavy atom. The fraction of sp³-hybridized carbons (Fsp3) is 0.632. The average molecular weight is 333 g/mol. The van der Waals surface area contributed by atoms with Gasteiger partial charge in [0.2, 0.25) is 0 Å². The highest BCUT2D eigenvalue weighted by molar-refractivity contribution is 5.68. The Hall–Kier alpha value is -1.59. The fourth-order valence-corrected chi connectivity index (χ4v) is 3.61. The molecule has 0 aromatic heterocycles. The molecule has 5 heteroatoms. The quantitative estimate of drug-likeness (QED) is 0.824. The standard InChI is InChI=1S/C19H27NO4/c1-2-12-20(18(21)22-15-16-6-4-3-5-7-16)17-8-10-19(11-9-17)23-13-14-24-19/h3-7,17H,2,8-15H2,1H3. The largest absolute Gasteiger partial charge is 0.445 e. The molecule has 0 radical (unpaired) electrons. The lowest BCUT2D eigenvalue weighted by Gasteiger charge is -2.39. The van der Waals surface area contributed by atoms with Crippen LogP contribution in [0.4, 0.5) is 4.79 Å². The van der Waals surface area contributed by atoms with Gasteiger partial charge in [-0.3, -0.25) is 0 Å². The minimum atomic E-state index is -0.387. The zero-order valence-corrected chi connectivity index (χ0v) is 14.4. The van der Waals surface area contributed by atoms with Crippen molar-refractivity contribution in [3.05, 3.63) is 35.9 Å². The minimum Gasteiger partial charge on any atom is -0.445 e. The van der Waals surface area contributed by atoms with Gasteiger partial charge in [-0.15, -0.1) is 0 Å². The number of benzene rings is 1. The van der Waals surface area contributed by atoms with E-state index in [2.05, 4.69) is 6.92 Å². The summed E-state index contributed by atoms with van der Waals surface area (Å²) in [6.07, 6.45) is 4.22. The Labute approximate surface area is 143 Å². The smallest absolute Gasteiger partial charge is 0.410 e. The normalized spacial score (nSPS) is 20.2. The lowest BCUT2D eigenvalue weighted by atomic mass is 9.89. The van der Waals surface area contributed by atoms with Gasteiger partial charge >= 0.3 is 6.09 Å². The number of carbonyl (C=O) groups excluding carboxylic acids is 1. The molecule has 1 aliphatic heterocycles. The summed E-state index contributed by atoms with van der Waals surface area (Å²) in [6, 6.07) is 10.0. The summed E-state index contributed by atoms with van der Waals surface area (Å²) in [5.41, 5.74) is 1.01. The van der Waals surface area contributed by atoms with Gasteiger partial charge in [0.25, 0.3) is 0 Å². The topological polar surface area (TPSA) is 48.0 Å². The average Bonchev–Trinajstić information content (AvgIpc) is 3.08. The van der Waals surface area contributed by atoms with E-state index in [1.54, 1.807) is 0 Å². The number of rotatable bonds is 5. The highest BCUT2D eigenvalue weighted by atomic mass is 16.7. The van der Waals surface area contributed by atoms with Crippen LogP contribution in [0, 0.1) is 0 Å². The van der Waals surface area contributed by atoms with Gasteiger partial charge < -0.3 is 19.1 Å². The summed E-state index contributed by atoms with van der Waals surface area (Å²) in [5.74, 6) is -0.387.